The summed E-state index contributed by atoms with van der Waals surface area (Å²) in [6.45, 7) is 3.11. The Morgan fingerprint density at radius 2 is 2.19 bits per heavy atom. The molecule has 0 amide bonds. The number of hydrogen-bond acceptors (Lipinski definition) is 3. The van der Waals surface area contributed by atoms with E-state index in [1.165, 1.54) is 19.3 Å². The van der Waals surface area contributed by atoms with E-state index in [0.717, 1.165) is 30.4 Å². The molecule has 0 N–H and O–H groups in total. The summed E-state index contributed by atoms with van der Waals surface area (Å²) < 4.78 is 0. The summed E-state index contributed by atoms with van der Waals surface area (Å²) in [6, 6.07) is 0.543. The van der Waals surface area contributed by atoms with Crippen molar-refractivity contribution in [2.45, 2.75) is 38.6 Å². The summed E-state index contributed by atoms with van der Waals surface area (Å²) in [5, 5.41) is 0. The highest BCUT2D eigenvalue weighted by Crippen LogP contribution is 2.26. The van der Waals surface area contributed by atoms with Crippen LogP contribution in [0.2, 0.25) is 0 Å². The highest BCUT2D eigenvalue weighted by Gasteiger charge is 2.24. The Kier molecular flexibility index (Phi) is 3.99. The summed E-state index contributed by atoms with van der Waals surface area (Å²) in [7, 11) is 0. The number of aromatic nitrogens is 2. The predicted molar refractivity (Wildman–Crippen MR) is 67.1 cm³/mol. The Labute approximate surface area is 102 Å². The van der Waals surface area contributed by atoms with Gasteiger partial charge in [-0.05, 0) is 32.6 Å². The molecule has 1 saturated heterocycles. The molecule has 1 atom stereocenters. The third-order valence-electron chi connectivity index (χ3n) is 3.20. The first kappa shape index (κ1) is 11.6. The van der Waals surface area contributed by atoms with E-state index in [-0.39, 0.29) is 0 Å². The van der Waals surface area contributed by atoms with Crippen molar-refractivity contribution < 1.29 is 0 Å². The van der Waals surface area contributed by atoms with Crippen LogP contribution in [0.3, 0.4) is 0 Å². The van der Waals surface area contributed by atoms with E-state index in [1.807, 2.05) is 6.92 Å². The third-order valence-corrected chi connectivity index (χ3v) is 3.42. The predicted octanol–water partition coefficient (Wildman–Crippen LogP) is 2.77. The van der Waals surface area contributed by atoms with Crippen LogP contribution in [0.5, 0.6) is 0 Å². The lowest BCUT2D eigenvalue weighted by Crippen LogP contribution is -2.40. The monoisotopic (exact) mass is 239 g/mol. The highest BCUT2D eigenvalue weighted by atomic mass is 35.5. The van der Waals surface area contributed by atoms with Crippen molar-refractivity contribution in [1.82, 2.24) is 9.97 Å². The molecule has 1 unspecified atom stereocenters. The lowest BCUT2D eigenvalue weighted by Gasteiger charge is -2.36. The zero-order valence-corrected chi connectivity index (χ0v) is 10.5. The number of piperidine rings is 1. The molecule has 16 heavy (non-hydrogen) atoms. The first-order valence-electron chi connectivity index (χ1n) is 5.93. The van der Waals surface area contributed by atoms with Crippen LogP contribution < -0.4 is 4.90 Å². The molecule has 0 spiro atoms. The average Bonchev–Trinajstić information content (AvgIpc) is 2.31. The summed E-state index contributed by atoms with van der Waals surface area (Å²) in [5.74, 6) is 1.76. The van der Waals surface area contributed by atoms with E-state index in [2.05, 4.69) is 14.9 Å². The maximum Gasteiger partial charge on any atom is 0.150 e. The molecule has 2 heterocycles. The average molecular weight is 240 g/mol. The second-order valence-electron chi connectivity index (χ2n) is 4.29. The van der Waals surface area contributed by atoms with Crippen LogP contribution in [-0.2, 0) is 0 Å². The number of nitrogens with zero attached hydrogens (tertiary/aromatic N) is 3. The van der Waals surface area contributed by atoms with Crippen molar-refractivity contribution in [1.29, 1.82) is 0 Å². The SMILES string of the molecule is Cc1nccnc1N1CCCCC1CCCl. The first-order valence-corrected chi connectivity index (χ1v) is 6.46. The Balaban J connectivity index is 2.19. The smallest absolute Gasteiger partial charge is 0.150 e. The molecule has 2 rings (SSSR count). The van der Waals surface area contributed by atoms with Crippen LogP contribution in [0.25, 0.3) is 0 Å². The molecule has 1 aromatic heterocycles. The molecule has 1 fully saturated rings. The summed E-state index contributed by atoms with van der Waals surface area (Å²) in [5.41, 5.74) is 1.02. The van der Waals surface area contributed by atoms with E-state index >= 15 is 0 Å². The van der Waals surface area contributed by atoms with Gasteiger partial charge in [0.15, 0.2) is 0 Å². The van der Waals surface area contributed by atoms with Gasteiger partial charge in [-0.2, -0.15) is 0 Å². The lowest BCUT2D eigenvalue weighted by atomic mass is 10.00. The molecular formula is C12H18ClN3. The van der Waals surface area contributed by atoms with Crippen LogP contribution >= 0.6 is 11.6 Å². The molecule has 88 valence electrons. The van der Waals surface area contributed by atoms with E-state index in [1.54, 1.807) is 12.4 Å². The van der Waals surface area contributed by atoms with Gasteiger partial charge in [0.05, 0.1) is 5.69 Å². The number of halogens is 1. The van der Waals surface area contributed by atoms with Crippen LogP contribution in [0.4, 0.5) is 5.82 Å². The molecule has 0 aliphatic carbocycles. The maximum absolute atomic E-state index is 5.86. The fourth-order valence-electron chi connectivity index (χ4n) is 2.39. The van der Waals surface area contributed by atoms with Gasteiger partial charge in [-0.3, -0.25) is 4.98 Å². The molecule has 0 bridgehead atoms. The number of anilines is 1. The largest absolute Gasteiger partial charge is 0.352 e. The molecule has 1 aromatic rings. The van der Waals surface area contributed by atoms with Crippen molar-refractivity contribution in [3.8, 4) is 0 Å². The molecule has 1 aliphatic rings. The van der Waals surface area contributed by atoms with Crippen molar-refractivity contribution >= 4 is 17.4 Å². The van der Waals surface area contributed by atoms with Gasteiger partial charge in [-0.15, -0.1) is 11.6 Å². The summed E-state index contributed by atoms with van der Waals surface area (Å²) in [6.07, 6.45) is 8.33. The van der Waals surface area contributed by atoms with Crippen molar-refractivity contribution in [3.05, 3.63) is 18.1 Å². The molecule has 3 nitrogen and oxygen atoms in total. The normalized spacial score (nSPS) is 21.1. The van der Waals surface area contributed by atoms with Crippen LogP contribution in [-0.4, -0.2) is 28.4 Å². The molecule has 0 saturated carbocycles. The van der Waals surface area contributed by atoms with Crippen molar-refractivity contribution in [3.63, 3.8) is 0 Å². The Hall–Kier alpha value is -0.830. The summed E-state index contributed by atoms with van der Waals surface area (Å²) in [4.78, 5) is 11.1. The van der Waals surface area contributed by atoms with Gasteiger partial charge in [-0.1, -0.05) is 0 Å². The van der Waals surface area contributed by atoms with Crippen LogP contribution in [0.1, 0.15) is 31.4 Å². The van der Waals surface area contributed by atoms with Gasteiger partial charge >= 0.3 is 0 Å². The molecule has 4 heteroatoms. The molecular weight excluding hydrogens is 222 g/mol. The standard InChI is InChI=1S/C12H18ClN3/c1-10-12(15-8-7-14-10)16-9-3-2-4-11(16)5-6-13/h7-8,11H,2-6,9H2,1H3. The minimum Gasteiger partial charge on any atom is -0.352 e. The van der Waals surface area contributed by atoms with Crippen molar-refractivity contribution in [2.75, 3.05) is 17.3 Å². The van der Waals surface area contributed by atoms with Gasteiger partial charge in [0.25, 0.3) is 0 Å². The second kappa shape index (κ2) is 5.48. The van der Waals surface area contributed by atoms with Gasteiger partial charge < -0.3 is 4.90 Å². The van der Waals surface area contributed by atoms with E-state index in [4.69, 9.17) is 11.6 Å². The quantitative estimate of drug-likeness (QED) is 0.760. The Morgan fingerprint density at radius 3 is 2.94 bits per heavy atom. The van der Waals surface area contributed by atoms with Gasteiger partial charge in [0.1, 0.15) is 5.82 Å². The van der Waals surface area contributed by atoms with E-state index in [0.29, 0.717) is 6.04 Å². The topological polar surface area (TPSA) is 29.0 Å². The number of rotatable bonds is 3. The minimum absolute atomic E-state index is 0.543. The minimum atomic E-state index is 0.543. The number of aryl methyl sites for hydroxylation is 1. The fraction of sp³-hybridized carbons (Fsp3) is 0.667. The van der Waals surface area contributed by atoms with E-state index in [9.17, 15) is 0 Å². The first-order chi connectivity index (χ1) is 7.83. The van der Waals surface area contributed by atoms with E-state index < -0.39 is 0 Å². The Morgan fingerprint density at radius 1 is 1.38 bits per heavy atom. The lowest BCUT2D eigenvalue weighted by molar-refractivity contribution is 0.447. The third kappa shape index (κ3) is 2.46. The highest BCUT2D eigenvalue weighted by molar-refractivity contribution is 6.17. The van der Waals surface area contributed by atoms with Crippen molar-refractivity contribution in [2.24, 2.45) is 0 Å². The molecule has 1 aliphatic heterocycles. The Bertz CT molecular complexity index is 341. The number of alkyl halides is 1. The molecule has 0 aromatic carbocycles. The van der Waals surface area contributed by atoms with Crippen LogP contribution in [0.15, 0.2) is 12.4 Å². The maximum atomic E-state index is 5.86. The van der Waals surface area contributed by atoms with Gasteiger partial charge in [0, 0.05) is 30.9 Å². The van der Waals surface area contributed by atoms with Gasteiger partial charge in [0.2, 0.25) is 0 Å². The zero-order chi connectivity index (χ0) is 11.4. The van der Waals surface area contributed by atoms with Gasteiger partial charge in [-0.25, -0.2) is 4.98 Å². The second-order valence-corrected chi connectivity index (χ2v) is 4.66. The van der Waals surface area contributed by atoms with Crippen LogP contribution in [0, 0.1) is 6.92 Å². The fourth-order valence-corrected chi connectivity index (χ4v) is 2.64. The molecule has 0 radical (unpaired) electrons. The number of hydrogen-bond donors (Lipinski definition) is 0. The zero-order valence-electron chi connectivity index (χ0n) is 9.69. The summed E-state index contributed by atoms with van der Waals surface area (Å²) >= 11 is 5.86.